The van der Waals surface area contributed by atoms with Crippen molar-refractivity contribution in [2.24, 2.45) is 0 Å². The lowest BCUT2D eigenvalue weighted by molar-refractivity contribution is 0.0740. The van der Waals surface area contributed by atoms with Crippen LogP contribution < -0.4 is 5.56 Å². The van der Waals surface area contributed by atoms with E-state index in [1.807, 2.05) is 34.6 Å². The summed E-state index contributed by atoms with van der Waals surface area (Å²) in [6.45, 7) is 3.35. The first kappa shape index (κ1) is 20.1. The molecule has 6 rings (SSSR count). The molecule has 2 aliphatic heterocycles. The highest BCUT2D eigenvalue weighted by molar-refractivity contribution is 7.20. The monoisotopic (exact) mass is 464 g/mol. The summed E-state index contributed by atoms with van der Waals surface area (Å²) < 4.78 is 2.99. The smallest absolute Gasteiger partial charge is 0.264 e. The molecule has 1 unspecified atom stereocenters. The average molecular weight is 465 g/mol. The number of amides is 1. The third-order valence-electron chi connectivity index (χ3n) is 6.71. The van der Waals surface area contributed by atoms with Gasteiger partial charge in [-0.25, -0.2) is 9.97 Å². The van der Waals surface area contributed by atoms with E-state index < -0.39 is 0 Å². The number of aryl methyl sites for hydroxylation is 2. The SMILES string of the molecule is Cc1c(C(=O)N2CCCC2c2nc3ccccc3s2)sc2nc3n(c(=O)c12)CCCCC3. The molecule has 1 fully saturated rings. The lowest BCUT2D eigenvalue weighted by Gasteiger charge is -2.22. The van der Waals surface area contributed by atoms with Crippen molar-refractivity contribution in [1.82, 2.24) is 19.4 Å². The van der Waals surface area contributed by atoms with Gasteiger partial charge in [-0.3, -0.25) is 14.2 Å². The Morgan fingerprint density at radius 2 is 1.94 bits per heavy atom. The van der Waals surface area contributed by atoms with Crippen LogP contribution in [0.2, 0.25) is 0 Å². The highest BCUT2D eigenvalue weighted by Gasteiger charge is 2.35. The van der Waals surface area contributed by atoms with Gasteiger partial charge in [-0.1, -0.05) is 18.6 Å². The molecule has 0 saturated carbocycles. The molecule has 2 aliphatic rings. The fourth-order valence-electron chi connectivity index (χ4n) is 5.04. The molecule has 1 amide bonds. The van der Waals surface area contributed by atoms with Gasteiger partial charge in [0.1, 0.15) is 15.7 Å². The van der Waals surface area contributed by atoms with E-state index in [4.69, 9.17) is 9.97 Å². The van der Waals surface area contributed by atoms with Crippen LogP contribution in [0, 0.1) is 6.92 Å². The molecule has 8 heteroatoms. The standard InChI is InChI=1S/C24H24N4O2S2/c1-14-19-22(26-18-11-3-2-6-12-28(18)23(19)29)32-20(14)24(30)27-13-7-9-16(27)21-25-15-8-4-5-10-17(15)31-21/h4-5,8,10,16H,2-3,6-7,9,11-13H2,1H3. The van der Waals surface area contributed by atoms with Crippen LogP contribution in [0.1, 0.15) is 64.2 Å². The molecule has 0 radical (unpaired) electrons. The Morgan fingerprint density at radius 1 is 1.06 bits per heavy atom. The highest BCUT2D eigenvalue weighted by Crippen LogP contribution is 2.39. The topological polar surface area (TPSA) is 68.1 Å². The van der Waals surface area contributed by atoms with Crippen LogP contribution in [0.15, 0.2) is 29.1 Å². The van der Waals surface area contributed by atoms with Crippen molar-refractivity contribution in [3.05, 3.63) is 55.9 Å². The van der Waals surface area contributed by atoms with Gasteiger partial charge in [0.05, 0.1) is 26.5 Å². The second kappa shape index (κ2) is 7.78. The van der Waals surface area contributed by atoms with Gasteiger partial charge >= 0.3 is 0 Å². The summed E-state index contributed by atoms with van der Waals surface area (Å²) in [5.41, 5.74) is 1.79. The lowest BCUT2D eigenvalue weighted by atomic mass is 10.1. The summed E-state index contributed by atoms with van der Waals surface area (Å²) in [5, 5.41) is 1.63. The number of carbonyl (C=O) groups is 1. The molecule has 0 spiro atoms. The number of benzene rings is 1. The molecule has 1 atom stereocenters. The minimum atomic E-state index is -0.00436. The molecular formula is C24H24N4O2S2. The van der Waals surface area contributed by atoms with Crippen LogP contribution in [-0.4, -0.2) is 31.9 Å². The van der Waals surface area contributed by atoms with E-state index in [1.54, 1.807) is 11.3 Å². The predicted molar refractivity (Wildman–Crippen MR) is 129 cm³/mol. The zero-order valence-electron chi connectivity index (χ0n) is 18.0. The van der Waals surface area contributed by atoms with Crippen LogP contribution >= 0.6 is 22.7 Å². The van der Waals surface area contributed by atoms with Crippen molar-refractivity contribution in [1.29, 1.82) is 0 Å². The van der Waals surface area contributed by atoms with E-state index in [-0.39, 0.29) is 17.5 Å². The summed E-state index contributed by atoms with van der Waals surface area (Å²) in [4.78, 5) is 40.0. The number of para-hydroxylation sites is 1. The summed E-state index contributed by atoms with van der Waals surface area (Å²) in [5.74, 6) is 0.876. The maximum atomic E-state index is 13.7. The Morgan fingerprint density at radius 3 is 2.81 bits per heavy atom. The summed E-state index contributed by atoms with van der Waals surface area (Å²) >= 11 is 3.06. The fraction of sp³-hybridized carbons (Fsp3) is 0.417. The molecule has 0 aliphatic carbocycles. The second-order valence-corrected chi connectivity index (χ2v) is 10.8. The number of thiophene rings is 1. The normalized spacial score (nSPS) is 18.9. The highest BCUT2D eigenvalue weighted by atomic mass is 32.1. The number of hydrogen-bond acceptors (Lipinski definition) is 6. The Hall–Kier alpha value is -2.58. The third-order valence-corrected chi connectivity index (χ3v) is 9.03. The largest absolute Gasteiger partial charge is 0.328 e. The van der Waals surface area contributed by atoms with Crippen molar-refractivity contribution in [2.75, 3.05) is 6.54 Å². The summed E-state index contributed by atoms with van der Waals surface area (Å²) in [6.07, 6.45) is 5.91. The summed E-state index contributed by atoms with van der Waals surface area (Å²) in [6, 6.07) is 8.12. The van der Waals surface area contributed by atoms with Crippen LogP contribution in [0.25, 0.3) is 20.4 Å². The lowest BCUT2D eigenvalue weighted by Crippen LogP contribution is -2.30. The summed E-state index contributed by atoms with van der Waals surface area (Å²) in [7, 11) is 0. The maximum Gasteiger partial charge on any atom is 0.264 e. The molecule has 164 valence electrons. The number of thiazole rings is 1. The number of likely N-dealkylation sites (tertiary alicyclic amines) is 1. The third kappa shape index (κ3) is 3.11. The first-order chi connectivity index (χ1) is 15.6. The number of rotatable bonds is 2. The zero-order valence-corrected chi connectivity index (χ0v) is 19.6. The molecule has 6 nitrogen and oxygen atoms in total. The van der Waals surface area contributed by atoms with Gasteiger partial charge in [0.15, 0.2) is 0 Å². The van der Waals surface area contributed by atoms with Crippen LogP contribution in [0.4, 0.5) is 0 Å². The molecule has 3 aromatic heterocycles. The molecule has 1 saturated heterocycles. The molecule has 4 aromatic rings. The molecule has 0 N–H and O–H groups in total. The van der Waals surface area contributed by atoms with Gasteiger partial charge in [-0.2, -0.15) is 0 Å². The Labute approximate surface area is 193 Å². The van der Waals surface area contributed by atoms with E-state index in [0.29, 0.717) is 15.1 Å². The van der Waals surface area contributed by atoms with Crippen molar-refractivity contribution in [3.8, 4) is 0 Å². The van der Waals surface area contributed by atoms with Crippen LogP contribution in [0.3, 0.4) is 0 Å². The van der Waals surface area contributed by atoms with Gasteiger partial charge in [0, 0.05) is 19.5 Å². The number of nitrogens with zero attached hydrogens (tertiary/aromatic N) is 4. The van der Waals surface area contributed by atoms with Crippen molar-refractivity contribution in [2.45, 2.75) is 58.0 Å². The van der Waals surface area contributed by atoms with Gasteiger partial charge in [0.2, 0.25) is 0 Å². The van der Waals surface area contributed by atoms with Crippen molar-refractivity contribution >= 4 is 49.0 Å². The molecular weight excluding hydrogens is 440 g/mol. The maximum absolute atomic E-state index is 13.7. The molecule has 32 heavy (non-hydrogen) atoms. The van der Waals surface area contributed by atoms with Gasteiger partial charge in [-0.15, -0.1) is 22.7 Å². The van der Waals surface area contributed by atoms with Crippen molar-refractivity contribution in [3.63, 3.8) is 0 Å². The van der Waals surface area contributed by atoms with E-state index >= 15 is 0 Å². The Kier molecular flexibility index (Phi) is 4.87. The predicted octanol–water partition coefficient (Wildman–Crippen LogP) is 5.08. The van der Waals surface area contributed by atoms with Crippen molar-refractivity contribution < 1.29 is 4.79 Å². The fourth-order valence-corrected chi connectivity index (χ4v) is 7.31. The molecule has 1 aromatic carbocycles. The molecule has 0 bridgehead atoms. The van der Waals surface area contributed by atoms with Gasteiger partial charge < -0.3 is 4.90 Å². The van der Waals surface area contributed by atoms with Crippen LogP contribution in [-0.2, 0) is 13.0 Å². The number of hydrogen-bond donors (Lipinski definition) is 0. The van der Waals surface area contributed by atoms with Gasteiger partial charge in [-0.05, 0) is 50.3 Å². The molecule has 5 heterocycles. The Bertz CT molecular complexity index is 1380. The van der Waals surface area contributed by atoms with Gasteiger partial charge in [0.25, 0.3) is 11.5 Å². The van der Waals surface area contributed by atoms with E-state index in [2.05, 4.69) is 6.07 Å². The Balaban J connectivity index is 1.40. The quantitative estimate of drug-likeness (QED) is 0.415. The van der Waals surface area contributed by atoms with E-state index in [0.717, 1.165) is 78.2 Å². The first-order valence-electron chi connectivity index (χ1n) is 11.3. The zero-order chi connectivity index (χ0) is 21.8. The van der Waals surface area contributed by atoms with Crippen LogP contribution in [0.5, 0.6) is 0 Å². The first-order valence-corrected chi connectivity index (χ1v) is 12.9. The number of carbonyl (C=O) groups excluding carboxylic acids is 1. The average Bonchev–Trinajstić information content (AvgIpc) is 3.47. The number of fused-ring (bicyclic) bond motifs is 3. The second-order valence-electron chi connectivity index (χ2n) is 8.71. The minimum Gasteiger partial charge on any atom is -0.328 e. The van der Waals surface area contributed by atoms with E-state index in [9.17, 15) is 9.59 Å². The number of aromatic nitrogens is 3. The minimum absolute atomic E-state index is 0.00436. The van der Waals surface area contributed by atoms with E-state index in [1.165, 1.54) is 11.3 Å².